The Morgan fingerprint density at radius 1 is 1.43 bits per heavy atom. The van der Waals surface area contributed by atoms with Gasteiger partial charge in [-0.25, -0.2) is 0 Å². The first-order chi connectivity index (χ1) is 6.47. The Bertz CT molecular complexity index is 257. The van der Waals surface area contributed by atoms with Crippen molar-refractivity contribution in [2.24, 2.45) is 0 Å². The van der Waals surface area contributed by atoms with Crippen LogP contribution in [0, 0.1) is 0 Å². The van der Waals surface area contributed by atoms with Crippen LogP contribution in [-0.4, -0.2) is 30.8 Å². The van der Waals surface area contributed by atoms with E-state index in [0.29, 0.717) is 12.5 Å². The van der Waals surface area contributed by atoms with Gasteiger partial charge in [0, 0.05) is 12.1 Å². The second-order valence-corrected chi connectivity index (χ2v) is 5.70. The van der Waals surface area contributed by atoms with E-state index in [1.165, 1.54) is 25.7 Å². The molecule has 5 heteroatoms. The predicted molar refractivity (Wildman–Crippen MR) is 55.9 cm³/mol. The Kier molecular flexibility index (Phi) is 4.34. The lowest BCUT2D eigenvalue weighted by Crippen LogP contribution is -2.35. The fourth-order valence-electron chi connectivity index (χ4n) is 1.90. The zero-order chi connectivity index (χ0) is 10.6. The molecule has 1 aliphatic rings. The molecule has 1 aliphatic carbocycles. The van der Waals surface area contributed by atoms with Crippen molar-refractivity contribution < 1.29 is 13.0 Å². The van der Waals surface area contributed by atoms with Gasteiger partial charge in [0.15, 0.2) is 0 Å². The van der Waals surface area contributed by atoms with E-state index in [0.717, 1.165) is 0 Å². The predicted octanol–water partition coefficient (Wildman–Crippen LogP) is 1.18. The molecule has 1 saturated carbocycles. The summed E-state index contributed by atoms with van der Waals surface area (Å²) in [6.45, 7) is 1.96. The molecule has 84 valence electrons. The molecule has 0 amide bonds. The van der Waals surface area contributed by atoms with E-state index in [-0.39, 0.29) is 11.8 Å². The van der Waals surface area contributed by atoms with Gasteiger partial charge in [-0.3, -0.25) is 4.55 Å². The fourth-order valence-corrected chi connectivity index (χ4v) is 2.56. The van der Waals surface area contributed by atoms with Crippen molar-refractivity contribution in [2.45, 2.75) is 51.1 Å². The summed E-state index contributed by atoms with van der Waals surface area (Å²) in [4.78, 5) is 0. The van der Waals surface area contributed by atoms with Crippen molar-refractivity contribution in [3.05, 3.63) is 0 Å². The molecular formula is C9H19NO3S. The van der Waals surface area contributed by atoms with Gasteiger partial charge in [-0.15, -0.1) is 0 Å². The maximum absolute atomic E-state index is 10.5. The summed E-state index contributed by atoms with van der Waals surface area (Å²) in [7, 11) is -3.79. The number of hydrogen-bond acceptors (Lipinski definition) is 3. The minimum absolute atomic E-state index is 0.145. The molecule has 2 N–H and O–H groups in total. The van der Waals surface area contributed by atoms with Crippen molar-refractivity contribution >= 4 is 10.1 Å². The van der Waals surface area contributed by atoms with Gasteiger partial charge in [-0.1, -0.05) is 12.8 Å². The Labute approximate surface area is 85.8 Å². The van der Waals surface area contributed by atoms with E-state index < -0.39 is 10.1 Å². The van der Waals surface area contributed by atoms with Gasteiger partial charge in [-0.05, 0) is 26.2 Å². The molecule has 0 saturated heterocycles. The zero-order valence-corrected chi connectivity index (χ0v) is 9.39. The Hall–Kier alpha value is -0.130. The second-order valence-electron chi connectivity index (χ2n) is 4.12. The summed E-state index contributed by atoms with van der Waals surface area (Å²) < 4.78 is 29.6. The van der Waals surface area contributed by atoms with Gasteiger partial charge in [0.2, 0.25) is 0 Å². The highest BCUT2D eigenvalue weighted by atomic mass is 32.2. The van der Waals surface area contributed by atoms with Crippen LogP contribution >= 0.6 is 0 Å². The quantitative estimate of drug-likeness (QED) is 0.684. The van der Waals surface area contributed by atoms with Crippen molar-refractivity contribution in [1.82, 2.24) is 5.32 Å². The van der Waals surface area contributed by atoms with Crippen LogP contribution in [-0.2, 0) is 10.1 Å². The van der Waals surface area contributed by atoms with E-state index in [2.05, 4.69) is 5.32 Å². The summed E-state index contributed by atoms with van der Waals surface area (Å²) in [5.74, 6) is -0.145. The van der Waals surface area contributed by atoms with Gasteiger partial charge in [0.05, 0.1) is 5.75 Å². The van der Waals surface area contributed by atoms with Crippen LogP contribution in [0.3, 0.4) is 0 Å². The zero-order valence-electron chi connectivity index (χ0n) is 8.57. The summed E-state index contributed by atoms with van der Waals surface area (Å²) in [5, 5.41) is 3.38. The largest absolute Gasteiger partial charge is 0.311 e. The van der Waals surface area contributed by atoms with Crippen LogP contribution in [0.1, 0.15) is 39.0 Å². The lowest BCUT2D eigenvalue weighted by Gasteiger charge is -2.18. The third-order valence-corrected chi connectivity index (χ3v) is 3.44. The highest BCUT2D eigenvalue weighted by molar-refractivity contribution is 7.85. The van der Waals surface area contributed by atoms with Crippen LogP contribution in [0.4, 0.5) is 0 Å². The minimum atomic E-state index is -3.79. The highest BCUT2D eigenvalue weighted by Gasteiger charge is 2.17. The smallest absolute Gasteiger partial charge is 0.264 e. The monoisotopic (exact) mass is 221 g/mol. The first kappa shape index (κ1) is 11.9. The minimum Gasteiger partial charge on any atom is -0.311 e. The molecule has 1 atom stereocenters. The Balaban J connectivity index is 2.18. The molecule has 1 rings (SSSR count). The summed E-state index contributed by atoms with van der Waals surface area (Å²) in [6.07, 6.45) is 5.40. The van der Waals surface area contributed by atoms with E-state index in [4.69, 9.17) is 4.55 Å². The molecule has 0 spiro atoms. The summed E-state index contributed by atoms with van der Waals surface area (Å²) in [5.41, 5.74) is 0. The number of nitrogens with one attached hydrogen (secondary N) is 1. The van der Waals surface area contributed by atoms with E-state index >= 15 is 0 Å². The molecule has 0 aromatic heterocycles. The molecular weight excluding hydrogens is 202 g/mol. The number of rotatable bonds is 5. The average molecular weight is 221 g/mol. The molecule has 1 unspecified atom stereocenters. The van der Waals surface area contributed by atoms with E-state index in [1.54, 1.807) is 0 Å². The molecule has 4 nitrogen and oxygen atoms in total. The van der Waals surface area contributed by atoms with Gasteiger partial charge < -0.3 is 5.32 Å². The molecule has 0 aromatic carbocycles. The van der Waals surface area contributed by atoms with Crippen molar-refractivity contribution in [2.75, 3.05) is 5.75 Å². The Morgan fingerprint density at radius 2 is 2.00 bits per heavy atom. The van der Waals surface area contributed by atoms with E-state index in [9.17, 15) is 8.42 Å². The van der Waals surface area contributed by atoms with Gasteiger partial charge in [0.1, 0.15) is 0 Å². The standard InChI is InChI=1S/C9H19NO3S/c1-8(6-7-14(11,12)13)10-9-4-2-3-5-9/h8-10H,2-7H2,1H3,(H,11,12,13). The van der Waals surface area contributed by atoms with Crippen molar-refractivity contribution in [3.8, 4) is 0 Å². The second kappa shape index (κ2) is 5.09. The van der Waals surface area contributed by atoms with Gasteiger partial charge >= 0.3 is 0 Å². The first-order valence-electron chi connectivity index (χ1n) is 5.18. The molecule has 0 radical (unpaired) electrons. The summed E-state index contributed by atoms with van der Waals surface area (Å²) >= 11 is 0. The molecule has 0 aliphatic heterocycles. The first-order valence-corrected chi connectivity index (χ1v) is 6.79. The summed E-state index contributed by atoms with van der Waals surface area (Å²) in [6, 6.07) is 0.714. The molecule has 0 bridgehead atoms. The average Bonchev–Trinajstić information content (AvgIpc) is 2.52. The van der Waals surface area contributed by atoms with Crippen LogP contribution in [0.25, 0.3) is 0 Å². The highest BCUT2D eigenvalue weighted by Crippen LogP contribution is 2.18. The van der Waals surface area contributed by atoms with Gasteiger partial charge in [-0.2, -0.15) is 8.42 Å². The lowest BCUT2D eigenvalue weighted by molar-refractivity contribution is 0.431. The third kappa shape index (κ3) is 4.93. The molecule has 1 fully saturated rings. The van der Waals surface area contributed by atoms with E-state index in [1.807, 2.05) is 6.92 Å². The van der Waals surface area contributed by atoms with Crippen LogP contribution in [0.2, 0.25) is 0 Å². The van der Waals surface area contributed by atoms with Gasteiger partial charge in [0.25, 0.3) is 10.1 Å². The van der Waals surface area contributed by atoms with Crippen molar-refractivity contribution in [1.29, 1.82) is 0 Å². The topological polar surface area (TPSA) is 66.4 Å². The SMILES string of the molecule is CC(CCS(=O)(=O)O)NC1CCCC1. The van der Waals surface area contributed by atoms with Crippen LogP contribution < -0.4 is 5.32 Å². The Morgan fingerprint density at radius 3 is 2.50 bits per heavy atom. The maximum atomic E-state index is 10.5. The van der Waals surface area contributed by atoms with Crippen molar-refractivity contribution in [3.63, 3.8) is 0 Å². The maximum Gasteiger partial charge on any atom is 0.264 e. The fraction of sp³-hybridized carbons (Fsp3) is 1.00. The molecule has 14 heavy (non-hydrogen) atoms. The molecule has 0 heterocycles. The van der Waals surface area contributed by atoms with Crippen LogP contribution in [0.15, 0.2) is 0 Å². The lowest BCUT2D eigenvalue weighted by atomic mass is 10.2. The van der Waals surface area contributed by atoms with Crippen LogP contribution in [0.5, 0.6) is 0 Å². The number of hydrogen-bond donors (Lipinski definition) is 2. The normalized spacial score (nSPS) is 21.3. The third-order valence-electron chi connectivity index (χ3n) is 2.68. The molecule has 0 aromatic rings.